The third-order valence-electron chi connectivity index (χ3n) is 3.87. The Morgan fingerprint density at radius 1 is 1.16 bits per heavy atom. The Kier molecular flexibility index (Phi) is 4.79. The van der Waals surface area contributed by atoms with Crippen molar-refractivity contribution >= 4 is 22.7 Å². The van der Waals surface area contributed by atoms with Crippen LogP contribution in [0.4, 0.5) is 0 Å². The zero-order valence-electron chi connectivity index (χ0n) is 14.1. The molecule has 2 N–H and O–H groups in total. The SMILES string of the molecule is CCNC(=O)[C@@H](C)NC(=O)c1ccc2noc(-c3ccccc3)c2c1. The molecule has 0 saturated heterocycles. The minimum absolute atomic E-state index is 0.216. The van der Waals surface area contributed by atoms with Crippen LogP contribution in [0.25, 0.3) is 22.2 Å². The van der Waals surface area contributed by atoms with Crippen LogP contribution in [-0.2, 0) is 4.79 Å². The van der Waals surface area contributed by atoms with Crippen molar-refractivity contribution < 1.29 is 14.1 Å². The minimum Gasteiger partial charge on any atom is -0.355 e. The Morgan fingerprint density at radius 3 is 2.64 bits per heavy atom. The lowest BCUT2D eigenvalue weighted by Crippen LogP contribution is -2.44. The molecule has 1 aromatic heterocycles. The highest BCUT2D eigenvalue weighted by Gasteiger charge is 2.18. The summed E-state index contributed by atoms with van der Waals surface area (Å²) in [5.74, 6) is 0.0785. The molecule has 0 aliphatic rings. The summed E-state index contributed by atoms with van der Waals surface area (Å²) >= 11 is 0. The number of aromatic nitrogens is 1. The maximum Gasteiger partial charge on any atom is 0.251 e. The van der Waals surface area contributed by atoms with Gasteiger partial charge in [0.2, 0.25) is 5.91 Å². The van der Waals surface area contributed by atoms with Crippen molar-refractivity contribution in [2.24, 2.45) is 0 Å². The van der Waals surface area contributed by atoms with Gasteiger partial charge in [0.25, 0.3) is 5.91 Å². The second-order valence-electron chi connectivity index (χ2n) is 5.70. The van der Waals surface area contributed by atoms with Gasteiger partial charge in [-0.25, -0.2) is 0 Å². The van der Waals surface area contributed by atoms with Crippen molar-refractivity contribution in [2.45, 2.75) is 19.9 Å². The van der Waals surface area contributed by atoms with Crippen molar-refractivity contribution in [2.75, 3.05) is 6.54 Å². The average Bonchev–Trinajstić information content (AvgIpc) is 3.05. The lowest BCUT2D eigenvalue weighted by molar-refractivity contribution is -0.122. The van der Waals surface area contributed by atoms with Crippen LogP contribution in [0, 0.1) is 0 Å². The zero-order chi connectivity index (χ0) is 17.8. The number of rotatable bonds is 5. The number of nitrogens with zero attached hydrogens (tertiary/aromatic N) is 1. The van der Waals surface area contributed by atoms with Gasteiger partial charge in [0.1, 0.15) is 11.6 Å². The van der Waals surface area contributed by atoms with Gasteiger partial charge in [0, 0.05) is 17.7 Å². The number of fused-ring (bicyclic) bond motifs is 1. The van der Waals surface area contributed by atoms with E-state index in [1.54, 1.807) is 25.1 Å². The van der Waals surface area contributed by atoms with Crippen LogP contribution in [-0.4, -0.2) is 29.6 Å². The van der Waals surface area contributed by atoms with Crippen LogP contribution in [0.1, 0.15) is 24.2 Å². The summed E-state index contributed by atoms with van der Waals surface area (Å²) in [5.41, 5.74) is 2.01. The first-order valence-electron chi connectivity index (χ1n) is 8.13. The molecule has 2 amide bonds. The number of hydrogen-bond acceptors (Lipinski definition) is 4. The number of nitrogens with one attached hydrogen (secondary N) is 2. The normalized spacial score (nSPS) is 11.9. The number of carbonyl (C=O) groups is 2. The molecule has 25 heavy (non-hydrogen) atoms. The summed E-state index contributed by atoms with van der Waals surface area (Å²) in [6, 6.07) is 14.1. The van der Waals surface area contributed by atoms with E-state index in [9.17, 15) is 9.59 Å². The van der Waals surface area contributed by atoms with E-state index < -0.39 is 6.04 Å². The second-order valence-corrected chi connectivity index (χ2v) is 5.70. The van der Waals surface area contributed by atoms with Crippen LogP contribution in [0.5, 0.6) is 0 Å². The topological polar surface area (TPSA) is 84.2 Å². The van der Waals surface area contributed by atoms with Crippen molar-refractivity contribution in [3.63, 3.8) is 0 Å². The van der Waals surface area contributed by atoms with E-state index in [1.165, 1.54) is 0 Å². The Labute approximate surface area is 145 Å². The first kappa shape index (κ1) is 16.7. The molecule has 0 bridgehead atoms. The monoisotopic (exact) mass is 337 g/mol. The van der Waals surface area contributed by atoms with Crippen LogP contribution >= 0.6 is 0 Å². The molecule has 0 aliphatic carbocycles. The molecule has 2 aromatic carbocycles. The summed E-state index contributed by atoms with van der Waals surface area (Å²) < 4.78 is 5.44. The van der Waals surface area contributed by atoms with E-state index in [0.717, 1.165) is 10.9 Å². The third kappa shape index (κ3) is 3.52. The molecule has 3 aromatic rings. The summed E-state index contributed by atoms with van der Waals surface area (Å²) in [6.45, 7) is 4.00. The van der Waals surface area contributed by atoms with Gasteiger partial charge in [-0.3, -0.25) is 9.59 Å². The number of likely N-dealkylation sites (N-methyl/N-ethyl adjacent to an activating group) is 1. The van der Waals surface area contributed by atoms with Crippen LogP contribution < -0.4 is 10.6 Å². The minimum atomic E-state index is -0.612. The molecular weight excluding hydrogens is 318 g/mol. The Bertz CT molecular complexity index is 903. The number of hydrogen-bond donors (Lipinski definition) is 2. The van der Waals surface area contributed by atoms with E-state index in [2.05, 4.69) is 15.8 Å². The number of benzene rings is 2. The van der Waals surface area contributed by atoms with Gasteiger partial charge in [-0.2, -0.15) is 0 Å². The lowest BCUT2D eigenvalue weighted by atomic mass is 10.1. The Balaban J connectivity index is 1.88. The molecule has 1 atom stereocenters. The lowest BCUT2D eigenvalue weighted by Gasteiger charge is -2.13. The Morgan fingerprint density at radius 2 is 1.92 bits per heavy atom. The summed E-state index contributed by atoms with van der Waals surface area (Å²) in [7, 11) is 0. The smallest absolute Gasteiger partial charge is 0.251 e. The molecule has 0 fully saturated rings. The molecule has 0 unspecified atom stereocenters. The second kappa shape index (κ2) is 7.17. The standard InChI is InChI=1S/C19H19N3O3/c1-3-20-18(23)12(2)21-19(24)14-9-10-16-15(11-14)17(25-22-16)13-7-5-4-6-8-13/h4-12H,3H2,1-2H3,(H,20,23)(H,21,24)/t12-/m1/s1. The Hall–Kier alpha value is -3.15. The fraction of sp³-hybridized carbons (Fsp3) is 0.211. The van der Waals surface area contributed by atoms with E-state index in [1.807, 2.05) is 37.3 Å². The molecule has 0 saturated carbocycles. The van der Waals surface area contributed by atoms with Gasteiger partial charge in [-0.1, -0.05) is 35.5 Å². The average molecular weight is 337 g/mol. The maximum absolute atomic E-state index is 12.4. The fourth-order valence-electron chi connectivity index (χ4n) is 2.55. The first-order chi connectivity index (χ1) is 12.1. The van der Waals surface area contributed by atoms with Gasteiger partial charge >= 0.3 is 0 Å². The van der Waals surface area contributed by atoms with Crippen molar-refractivity contribution in [1.82, 2.24) is 15.8 Å². The van der Waals surface area contributed by atoms with Gasteiger partial charge in [0.05, 0.1) is 5.39 Å². The molecule has 128 valence electrons. The van der Waals surface area contributed by atoms with Crippen molar-refractivity contribution in [3.05, 3.63) is 54.1 Å². The van der Waals surface area contributed by atoms with Crippen LogP contribution in [0.15, 0.2) is 53.1 Å². The van der Waals surface area contributed by atoms with Crippen LogP contribution in [0.3, 0.4) is 0 Å². The summed E-state index contributed by atoms with van der Waals surface area (Å²) in [4.78, 5) is 24.2. The molecule has 3 rings (SSSR count). The predicted molar refractivity (Wildman–Crippen MR) is 95.1 cm³/mol. The highest BCUT2D eigenvalue weighted by atomic mass is 16.5. The van der Waals surface area contributed by atoms with E-state index >= 15 is 0 Å². The van der Waals surface area contributed by atoms with Gasteiger partial charge in [-0.15, -0.1) is 0 Å². The molecule has 0 spiro atoms. The molecule has 6 heteroatoms. The van der Waals surface area contributed by atoms with E-state index in [4.69, 9.17) is 4.52 Å². The van der Waals surface area contributed by atoms with E-state index in [-0.39, 0.29) is 11.8 Å². The van der Waals surface area contributed by atoms with Gasteiger partial charge in [-0.05, 0) is 32.0 Å². The zero-order valence-corrected chi connectivity index (χ0v) is 14.1. The molecular formula is C19H19N3O3. The van der Waals surface area contributed by atoms with Crippen LogP contribution in [0.2, 0.25) is 0 Å². The highest BCUT2D eigenvalue weighted by Crippen LogP contribution is 2.29. The van der Waals surface area contributed by atoms with Gasteiger partial charge in [0.15, 0.2) is 5.76 Å². The summed E-state index contributed by atoms with van der Waals surface area (Å²) in [5, 5.41) is 10.2. The fourth-order valence-corrected chi connectivity index (χ4v) is 2.55. The number of carbonyl (C=O) groups excluding carboxylic acids is 2. The molecule has 0 aliphatic heterocycles. The van der Waals surface area contributed by atoms with E-state index in [0.29, 0.717) is 23.4 Å². The third-order valence-corrected chi connectivity index (χ3v) is 3.87. The van der Waals surface area contributed by atoms with Crippen molar-refractivity contribution in [3.8, 4) is 11.3 Å². The van der Waals surface area contributed by atoms with Crippen molar-refractivity contribution in [1.29, 1.82) is 0 Å². The first-order valence-corrected chi connectivity index (χ1v) is 8.13. The molecule has 0 radical (unpaired) electrons. The number of amides is 2. The molecule has 6 nitrogen and oxygen atoms in total. The molecule has 1 heterocycles. The maximum atomic E-state index is 12.4. The van der Waals surface area contributed by atoms with Gasteiger partial charge < -0.3 is 15.2 Å². The summed E-state index contributed by atoms with van der Waals surface area (Å²) in [6.07, 6.45) is 0. The predicted octanol–water partition coefficient (Wildman–Crippen LogP) is 2.75. The quantitative estimate of drug-likeness (QED) is 0.750. The highest BCUT2D eigenvalue weighted by molar-refractivity contribution is 6.02. The largest absolute Gasteiger partial charge is 0.355 e.